The Balaban J connectivity index is 1.31. The van der Waals surface area contributed by atoms with Crippen LogP contribution in [-0.2, 0) is 0 Å². The van der Waals surface area contributed by atoms with Crippen LogP contribution in [0, 0.1) is 0 Å². The van der Waals surface area contributed by atoms with E-state index in [9.17, 15) is 4.79 Å². The summed E-state index contributed by atoms with van der Waals surface area (Å²) in [5.41, 5.74) is 2.38. The predicted molar refractivity (Wildman–Crippen MR) is 128 cm³/mol. The molecule has 0 aliphatic heterocycles. The van der Waals surface area contributed by atoms with Crippen LogP contribution in [0.25, 0.3) is 11.5 Å². The second kappa shape index (κ2) is 9.15. The first-order valence-corrected chi connectivity index (χ1v) is 11.8. The molecule has 0 saturated heterocycles. The fourth-order valence-electron chi connectivity index (χ4n) is 3.54. The number of carbonyl (C=O) groups excluding carboxylic acids is 1. The Morgan fingerprint density at radius 2 is 1.88 bits per heavy atom. The summed E-state index contributed by atoms with van der Waals surface area (Å²) in [4.78, 5) is 23.2. The van der Waals surface area contributed by atoms with Crippen LogP contribution < -0.4 is 5.32 Å². The lowest BCUT2D eigenvalue weighted by atomic mass is 10.2. The Morgan fingerprint density at radius 3 is 2.70 bits per heavy atom. The maximum absolute atomic E-state index is 12.9. The zero-order valence-electron chi connectivity index (χ0n) is 18.5. The van der Waals surface area contributed by atoms with Crippen molar-refractivity contribution >= 4 is 23.5 Å². The molecule has 1 aliphatic rings. The largest absolute Gasteiger partial charge is 0.310 e. The van der Waals surface area contributed by atoms with Gasteiger partial charge in [0.2, 0.25) is 0 Å². The van der Waals surface area contributed by atoms with Crippen LogP contribution in [-0.4, -0.2) is 30.6 Å². The Kier molecular flexibility index (Phi) is 5.92. The summed E-state index contributed by atoms with van der Waals surface area (Å²) in [6.45, 7) is 4.11. The van der Waals surface area contributed by atoms with E-state index in [2.05, 4.69) is 46.5 Å². The number of carbonyl (C=O) groups is 1. The number of hydrogen-bond acceptors (Lipinski definition) is 6. The number of nitrogens with zero attached hydrogens (tertiary/aromatic N) is 5. The van der Waals surface area contributed by atoms with Gasteiger partial charge >= 0.3 is 0 Å². The highest BCUT2D eigenvalue weighted by Crippen LogP contribution is 2.40. The molecule has 1 aliphatic carbocycles. The van der Waals surface area contributed by atoms with E-state index < -0.39 is 0 Å². The van der Waals surface area contributed by atoms with Crippen molar-refractivity contribution in [3.05, 3.63) is 78.2 Å². The van der Waals surface area contributed by atoms with Crippen LogP contribution in [0.4, 0.5) is 5.82 Å². The first-order valence-electron chi connectivity index (χ1n) is 11.0. The van der Waals surface area contributed by atoms with Gasteiger partial charge in [0.25, 0.3) is 5.91 Å². The SMILES string of the molecule is CC(C)n1cnnc1-c1cccc(NC(=O)c2cccc(Sc3cccc(C4CC4)n3)c2)n1. The standard InChI is InChI=1S/C25H24N6OS/c1-16(2)31-15-26-30-24(31)21-9-4-10-22(27-21)29-25(32)18-6-3-7-19(14-18)33-23-11-5-8-20(28-23)17-12-13-17/h3-11,14-17H,12-13H2,1-2H3,(H,27,29,32). The quantitative estimate of drug-likeness (QED) is 0.390. The van der Waals surface area contributed by atoms with Crippen LogP contribution >= 0.6 is 11.8 Å². The molecule has 0 atom stereocenters. The predicted octanol–water partition coefficient (Wildman–Crippen LogP) is 5.60. The van der Waals surface area contributed by atoms with Crippen LogP contribution in [0.3, 0.4) is 0 Å². The molecular formula is C25H24N6OS. The Bertz CT molecular complexity index is 1300. The maximum Gasteiger partial charge on any atom is 0.256 e. The number of amides is 1. The summed E-state index contributed by atoms with van der Waals surface area (Å²) < 4.78 is 1.95. The number of pyridine rings is 2. The van der Waals surface area contributed by atoms with Gasteiger partial charge in [0.1, 0.15) is 22.9 Å². The van der Waals surface area contributed by atoms with E-state index in [1.807, 2.05) is 41.0 Å². The van der Waals surface area contributed by atoms with Crippen molar-refractivity contribution in [1.82, 2.24) is 24.7 Å². The van der Waals surface area contributed by atoms with Crippen molar-refractivity contribution in [2.75, 3.05) is 5.32 Å². The van der Waals surface area contributed by atoms with Gasteiger partial charge < -0.3 is 9.88 Å². The van der Waals surface area contributed by atoms with Crippen molar-refractivity contribution in [3.63, 3.8) is 0 Å². The summed E-state index contributed by atoms with van der Waals surface area (Å²) in [7, 11) is 0. The zero-order valence-corrected chi connectivity index (χ0v) is 19.3. The summed E-state index contributed by atoms with van der Waals surface area (Å²) in [6, 6.07) is 19.4. The van der Waals surface area contributed by atoms with E-state index in [4.69, 9.17) is 4.98 Å². The van der Waals surface area contributed by atoms with E-state index in [0.717, 1.165) is 15.6 Å². The molecule has 33 heavy (non-hydrogen) atoms. The molecule has 4 aromatic rings. The van der Waals surface area contributed by atoms with Gasteiger partial charge in [-0.3, -0.25) is 4.79 Å². The number of anilines is 1. The van der Waals surface area contributed by atoms with E-state index in [1.54, 1.807) is 30.2 Å². The molecule has 5 rings (SSSR count). The van der Waals surface area contributed by atoms with Gasteiger partial charge in [0.05, 0.1) is 0 Å². The van der Waals surface area contributed by atoms with Gasteiger partial charge in [-0.05, 0) is 69.2 Å². The molecular weight excluding hydrogens is 432 g/mol. The highest BCUT2D eigenvalue weighted by molar-refractivity contribution is 7.99. The Hall–Kier alpha value is -3.52. The maximum atomic E-state index is 12.9. The summed E-state index contributed by atoms with van der Waals surface area (Å²) in [6.07, 6.45) is 4.13. The second-order valence-electron chi connectivity index (χ2n) is 8.32. The van der Waals surface area contributed by atoms with Crippen molar-refractivity contribution in [3.8, 4) is 11.5 Å². The fourth-order valence-corrected chi connectivity index (χ4v) is 4.41. The lowest BCUT2D eigenvalue weighted by Crippen LogP contribution is -2.13. The van der Waals surface area contributed by atoms with Crippen LogP contribution in [0.1, 0.15) is 54.7 Å². The molecule has 0 bridgehead atoms. The summed E-state index contributed by atoms with van der Waals surface area (Å²) in [5, 5.41) is 12.0. The van der Waals surface area contributed by atoms with E-state index in [0.29, 0.717) is 28.8 Å². The topological polar surface area (TPSA) is 85.6 Å². The van der Waals surface area contributed by atoms with E-state index >= 15 is 0 Å². The third-order valence-corrected chi connectivity index (χ3v) is 6.33. The highest BCUT2D eigenvalue weighted by Gasteiger charge is 2.25. The molecule has 8 heteroatoms. The van der Waals surface area contributed by atoms with Crippen molar-refractivity contribution in [1.29, 1.82) is 0 Å². The monoisotopic (exact) mass is 456 g/mol. The molecule has 1 N–H and O–H groups in total. The summed E-state index contributed by atoms with van der Waals surface area (Å²) in [5.74, 6) is 1.53. The summed E-state index contributed by atoms with van der Waals surface area (Å²) >= 11 is 1.57. The fraction of sp³-hybridized carbons (Fsp3) is 0.240. The van der Waals surface area contributed by atoms with Crippen LogP contribution in [0.15, 0.2) is 76.9 Å². The number of rotatable bonds is 7. The van der Waals surface area contributed by atoms with Gasteiger partial charge in [0, 0.05) is 28.1 Å². The Labute approximate surface area is 196 Å². The molecule has 7 nitrogen and oxygen atoms in total. The minimum absolute atomic E-state index is 0.203. The third-order valence-electron chi connectivity index (χ3n) is 5.41. The minimum Gasteiger partial charge on any atom is -0.310 e. The number of hydrogen-bond donors (Lipinski definition) is 1. The normalized spacial score (nSPS) is 13.3. The van der Waals surface area contributed by atoms with Gasteiger partial charge in [-0.1, -0.05) is 30.0 Å². The zero-order chi connectivity index (χ0) is 22.8. The molecule has 0 unspecified atom stereocenters. The van der Waals surface area contributed by atoms with E-state index in [1.165, 1.54) is 12.8 Å². The number of aromatic nitrogens is 5. The molecule has 0 radical (unpaired) electrons. The minimum atomic E-state index is -0.216. The van der Waals surface area contributed by atoms with Gasteiger partial charge in [-0.25, -0.2) is 9.97 Å². The van der Waals surface area contributed by atoms with Crippen molar-refractivity contribution in [2.24, 2.45) is 0 Å². The van der Waals surface area contributed by atoms with Crippen molar-refractivity contribution in [2.45, 2.75) is 48.6 Å². The Morgan fingerprint density at radius 1 is 1.06 bits per heavy atom. The molecule has 1 aromatic carbocycles. The first-order chi connectivity index (χ1) is 16.1. The second-order valence-corrected chi connectivity index (χ2v) is 9.42. The lowest BCUT2D eigenvalue weighted by molar-refractivity contribution is 0.102. The average molecular weight is 457 g/mol. The average Bonchev–Trinajstić information content (AvgIpc) is 3.55. The molecule has 1 saturated carbocycles. The molecule has 166 valence electrons. The molecule has 0 spiro atoms. The first kappa shape index (κ1) is 21.3. The van der Waals surface area contributed by atoms with Gasteiger partial charge in [-0.15, -0.1) is 10.2 Å². The third kappa shape index (κ3) is 4.96. The molecule has 1 fully saturated rings. The van der Waals surface area contributed by atoms with Gasteiger partial charge in [-0.2, -0.15) is 0 Å². The smallest absolute Gasteiger partial charge is 0.256 e. The molecule has 1 amide bonds. The number of nitrogens with one attached hydrogen (secondary N) is 1. The lowest BCUT2D eigenvalue weighted by Gasteiger charge is -2.11. The highest BCUT2D eigenvalue weighted by atomic mass is 32.2. The molecule has 3 heterocycles. The molecule has 3 aromatic heterocycles. The van der Waals surface area contributed by atoms with Crippen LogP contribution in [0.2, 0.25) is 0 Å². The van der Waals surface area contributed by atoms with Crippen molar-refractivity contribution < 1.29 is 4.79 Å². The van der Waals surface area contributed by atoms with E-state index in [-0.39, 0.29) is 11.9 Å². The van der Waals surface area contributed by atoms with Crippen LogP contribution in [0.5, 0.6) is 0 Å². The van der Waals surface area contributed by atoms with Gasteiger partial charge in [0.15, 0.2) is 5.82 Å². The number of benzene rings is 1.